The van der Waals surface area contributed by atoms with Gasteiger partial charge >= 0.3 is 0 Å². The first-order valence-corrected chi connectivity index (χ1v) is 9.60. The fraction of sp³-hybridized carbons (Fsp3) is 0.381. The highest BCUT2D eigenvalue weighted by atomic mass is 16.5. The second-order valence-electron chi connectivity index (χ2n) is 7.40. The molecule has 4 rings (SSSR count). The number of ether oxygens (including phenoxy) is 2. The third-order valence-corrected chi connectivity index (χ3v) is 4.44. The molecule has 154 valence electrons. The summed E-state index contributed by atoms with van der Waals surface area (Å²) in [5.41, 5.74) is 1.89. The molecule has 8 nitrogen and oxygen atoms in total. The molecular formula is C21H29N6O2+. The number of aliphatic imine (C=N–C) groups is 1. The summed E-state index contributed by atoms with van der Waals surface area (Å²) in [7, 11) is 6.01. The standard InChI is InChI=1S/C18H23N6O2.C3H6/c1-12-9-19-15-8-14(12)25-6-5-7-26-18-13(10-20-23(18)2)17-22-16(21-15)11-24(17,3)4;1-3-2/h8-11H,5-7H2,1-4H3,(H,19,21);3H,1H2,2H3/q+1;. The van der Waals surface area contributed by atoms with Crippen molar-refractivity contribution in [1.29, 1.82) is 0 Å². The first-order valence-electron chi connectivity index (χ1n) is 9.60. The molecule has 2 aliphatic heterocycles. The highest BCUT2D eigenvalue weighted by Crippen LogP contribution is 2.29. The molecule has 0 fully saturated rings. The summed E-state index contributed by atoms with van der Waals surface area (Å²) >= 11 is 0. The SMILES string of the molecule is C=CC.Cc1cnc2cc1OCCCOc1c(cnn1C)C1=NC(=C[N+]1(C)C)N2. The highest BCUT2D eigenvalue weighted by molar-refractivity contribution is 5.97. The van der Waals surface area contributed by atoms with Gasteiger partial charge < -0.3 is 14.8 Å². The van der Waals surface area contributed by atoms with Crippen LogP contribution < -0.4 is 14.8 Å². The lowest BCUT2D eigenvalue weighted by Crippen LogP contribution is -2.38. The summed E-state index contributed by atoms with van der Waals surface area (Å²) in [6.45, 7) is 8.35. The number of quaternary nitrogens is 1. The van der Waals surface area contributed by atoms with Gasteiger partial charge in [-0.1, -0.05) is 6.08 Å². The van der Waals surface area contributed by atoms with Gasteiger partial charge in [-0.3, -0.25) is 0 Å². The Hall–Kier alpha value is -3.13. The van der Waals surface area contributed by atoms with Crippen molar-refractivity contribution in [2.24, 2.45) is 12.0 Å². The maximum Gasteiger partial charge on any atom is 0.248 e. The lowest BCUT2D eigenvalue weighted by atomic mass is 10.2. The van der Waals surface area contributed by atoms with Crippen LogP contribution in [0.4, 0.5) is 5.82 Å². The van der Waals surface area contributed by atoms with Gasteiger partial charge in [0.05, 0.1) is 33.5 Å². The Morgan fingerprint density at radius 1 is 1.24 bits per heavy atom. The van der Waals surface area contributed by atoms with Crippen molar-refractivity contribution in [1.82, 2.24) is 14.8 Å². The second-order valence-corrected chi connectivity index (χ2v) is 7.40. The number of anilines is 1. The third-order valence-electron chi connectivity index (χ3n) is 4.44. The van der Waals surface area contributed by atoms with Gasteiger partial charge in [0.1, 0.15) is 23.3 Å². The van der Waals surface area contributed by atoms with E-state index in [9.17, 15) is 0 Å². The fourth-order valence-electron chi connectivity index (χ4n) is 3.09. The van der Waals surface area contributed by atoms with Crippen molar-refractivity contribution >= 4 is 11.7 Å². The van der Waals surface area contributed by atoms with Crippen LogP contribution in [-0.2, 0) is 7.05 Å². The van der Waals surface area contributed by atoms with Gasteiger partial charge in [0.15, 0.2) is 5.82 Å². The molecule has 2 aliphatic rings. The molecule has 0 amide bonds. The lowest BCUT2D eigenvalue weighted by molar-refractivity contribution is -0.739. The highest BCUT2D eigenvalue weighted by Gasteiger charge is 2.35. The van der Waals surface area contributed by atoms with Crippen LogP contribution in [0.3, 0.4) is 0 Å². The van der Waals surface area contributed by atoms with Crippen LogP contribution in [0.1, 0.15) is 24.5 Å². The van der Waals surface area contributed by atoms with E-state index in [1.807, 2.05) is 33.2 Å². The van der Waals surface area contributed by atoms with Crippen molar-refractivity contribution in [3.8, 4) is 11.6 Å². The quantitative estimate of drug-likeness (QED) is 0.546. The summed E-state index contributed by atoms with van der Waals surface area (Å²) in [5, 5.41) is 7.64. The van der Waals surface area contributed by atoms with Crippen LogP contribution >= 0.6 is 0 Å². The van der Waals surface area contributed by atoms with E-state index >= 15 is 0 Å². The Balaban J connectivity index is 0.000000755. The summed E-state index contributed by atoms with van der Waals surface area (Å²) in [4.78, 5) is 9.23. The molecule has 0 spiro atoms. The number of aromatic nitrogens is 3. The van der Waals surface area contributed by atoms with Gasteiger partial charge in [-0.05, 0) is 13.8 Å². The zero-order chi connectivity index (χ0) is 21.0. The van der Waals surface area contributed by atoms with Crippen molar-refractivity contribution in [2.45, 2.75) is 20.3 Å². The Morgan fingerprint density at radius 2 is 1.97 bits per heavy atom. The molecule has 1 N–H and O–H groups in total. The maximum absolute atomic E-state index is 6.01. The molecule has 0 aromatic carbocycles. The van der Waals surface area contributed by atoms with Gasteiger partial charge in [-0.2, -0.15) is 10.1 Å². The number of hydrogen-bond acceptors (Lipinski definition) is 6. The van der Waals surface area contributed by atoms with Crippen molar-refractivity contribution in [3.05, 3.63) is 54.3 Å². The van der Waals surface area contributed by atoms with Crippen LogP contribution in [0.5, 0.6) is 11.6 Å². The van der Waals surface area contributed by atoms with Crippen LogP contribution in [0.15, 0.2) is 48.1 Å². The van der Waals surface area contributed by atoms with E-state index in [-0.39, 0.29) is 0 Å². The Labute approximate surface area is 171 Å². The molecule has 0 radical (unpaired) electrons. The zero-order valence-corrected chi connectivity index (χ0v) is 17.8. The Bertz CT molecular complexity index is 958. The van der Waals surface area contributed by atoms with Gasteiger partial charge in [0.25, 0.3) is 0 Å². The summed E-state index contributed by atoms with van der Waals surface area (Å²) in [5.74, 6) is 3.85. The largest absolute Gasteiger partial charge is 0.493 e. The number of nitrogens with zero attached hydrogens (tertiary/aromatic N) is 5. The van der Waals surface area contributed by atoms with E-state index in [0.717, 1.165) is 40.8 Å². The molecule has 2 aromatic heterocycles. The number of fused-ring (bicyclic) bond motifs is 5. The van der Waals surface area contributed by atoms with Gasteiger partial charge in [0.2, 0.25) is 11.7 Å². The normalized spacial score (nSPS) is 17.0. The van der Waals surface area contributed by atoms with Crippen molar-refractivity contribution < 1.29 is 14.0 Å². The molecule has 0 saturated carbocycles. The van der Waals surface area contributed by atoms with E-state index in [2.05, 4.69) is 36.1 Å². The van der Waals surface area contributed by atoms with Crippen LogP contribution in [0.25, 0.3) is 0 Å². The van der Waals surface area contributed by atoms with E-state index < -0.39 is 0 Å². The fourth-order valence-corrected chi connectivity index (χ4v) is 3.09. The smallest absolute Gasteiger partial charge is 0.248 e. The average Bonchev–Trinajstić information content (AvgIpc) is 3.16. The number of pyridine rings is 1. The molecule has 8 heteroatoms. The van der Waals surface area contributed by atoms with Gasteiger partial charge in [0, 0.05) is 31.3 Å². The number of allylic oxidation sites excluding steroid dienone is 1. The van der Waals surface area contributed by atoms with Gasteiger partial charge in [-0.15, -0.1) is 6.58 Å². The van der Waals surface area contributed by atoms with Crippen LogP contribution in [-0.4, -0.2) is 52.4 Å². The molecule has 2 aromatic rings. The molecule has 4 heterocycles. The van der Waals surface area contributed by atoms with Gasteiger partial charge in [-0.25, -0.2) is 14.1 Å². The predicted molar refractivity (Wildman–Crippen MR) is 114 cm³/mol. The monoisotopic (exact) mass is 397 g/mol. The minimum absolute atomic E-state index is 0.486. The minimum Gasteiger partial charge on any atom is -0.493 e. The molecule has 0 atom stereocenters. The zero-order valence-electron chi connectivity index (χ0n) is 17.8. The number of amidine groups is 1. The van der Waals surface area contributed by atoms with E-state index in [0.29, 0.717) is 23.5 Å². The lowest BCUT2D eigenvalue weighted by Gasteiger charge is -2.21. The first kappa shape index (κ1) is 20.6. The van der Waals surface area contributed by atoms with Crippen molar-refractivity contribution in [3.63, 3.8) is 0 Å². The topological polar surface area (TPSA) is 73.6 Å². The Morgan fingerprint density at radius 3 is 2.72 bits per heavy atom. The van der Waals surface area contributed by atoms with E-state index in [1.54, 1.807) is 23.2 Å². The molecule has 4 bridgehead atoms. The average molecular weight is 398 g/mol. The number of aryl methyl sites for hydroxylation is 2. The van der Waals surface area contributed by atoms with E-state index in [4.69, 9.17) is 14.5 Å². The third kappa shape index (κ3) is 4.48. The maximum atomic E-state index is 6.01. The number of nitrogens with one attached hydrogen (secondary N) is 1. The molecular weight excluding hydrogens is 368 g/mol. The Kier molecular flexibility index (Phi) is 6.03. The molecule has 0 saturated heterocycles. The summed E-state index contributed by atoms with van der Waals surface area (Å²) in [6.07, 6.45) is 8.16. The molecule has 29 heavy (non-hydrogen) atoms. The van der Waals surface area contributed by atoms with Crippen molar-refractivity contribution in [2.75, 3.05) is 32.6 Å². The minimum atomic E-state index is 0.486. The van der Waals surface area contributed by atoms with E-state index in [1.165, 1.54) is 0 Å². The second kappa shape index (κ2) is 8.48. The molecule has 0 unspecified atom stereocenters. The first-order chi connectivity index (χ1) is 13.9. The number of hydrogen-bond donors (Lipinski definition) is 1. The van der Waals surface area contributed by atoms with Crippen LogP contribution in [0.2, 0.25) is 0 Å². The van der Waals surface area contributed by atoms with Crippen LogP contribution in [0, 0.1) is 6.92 Å². The summed E-state index contributed by atoms with van der Waals surface area (Å²) < 4.78 is 14.1. The summed E-state index contributed by atoms with van der Waals surface area (Å²) in [6, 6.07) is 1.91. The number of rotatable bonds is 0. The molecule has 0 aliphatic carbocycles. The predicted octanol–water partition coefficient (Wildman–Crippen LogP) is 3.22.